The Hall–Kier alpha value is -2.69. The van der Waals surface area contributed by atoms with E-state index in [1.165, 1.54) is 28.3 Å². The van der Waals surface area contributed by atoms with Crippen molar-refractivity contribution in [2.75, 3.05) is 19.6 Å². The summed E-state index contributed by atoms with van der Waals surface area (Å²) in [4.78, 5) is 28.3. The van der Waals surface area contributed by atoms with Crippen LogP contribution in [0, 0.1) is 11.7 Å². The van der Waals surface area contributed by atoms with Crippen LogP contribution in [0.3, 0.4) is 0 Å². The Balaban J connectivity index is 1.17. The summed E-state index contributed by atoms with van der Waals surface area (Å²) in [5.74, 6) is -0.410. The van der Waals surface area contributed by atoms with Gasteiger partial charge in [-0.25, -0.2) is 4.39 Å². The van der Waals surface area contributed by atoms with Gasteiger partial charge in [-0.2, -0.15) is 0 Å². The van der Waals surface area contributed by atoms with E-state index in [2.05, 4.69) is 31.8 Å². The maximum absolute atomic E-state index is 13.0. The first-order valence-electron chi connectivity index (χ1n) is 10.9. The van der Waals surface area contributed by atoms with Gasteiger partial charge in [0.2, 0.25) is 10.9 Å². The lowest BCUT2D eigenvalue weighted by Gasteiger charge is -2.30. The van der Waals surface area contributed by atoms with Crippen molar-refractivity contribution in [1.82, 2.24) is 25.7 Å². The molecular formula is C23H26FN5O2S2. The van der Waals surface area contributed by atoms with Crippen LogP contribution < -0.4 is 10.6 Å². The number of piperidine rings is 1. The van der Waals surface area contributed by atoms with Crippen molar-refractivity contribution in [2.45, 2.75) is 32.4 Å². The lowest BCUT2D eigenvalue weighted by Crippen LogP contribution is -2.40. The van der Waals surface area contributed by atoms with Crippen molar-refractivity contribution < 1.29 is 14.0 Å². The van der Waals surface area contributed by atoms with Crippen LogP contribution >= 0.6 is 22.7 Å². The SMILES string of the molecule is O=C(NCc1ccc(F)cc1)c1nnc(CN2CCC(C(=O)NCCc3cccs3)CC2)s1. The molecular weight excluding hydrogens is 461 g/mol. The molecule has 1 fully saturated rings. The number of hydrogen-bond acceptors (Lipinski definition) is 7. The van der Waals surface area contributed by atoms with Gasteiger partial charge in [0.25, 0.3) is 5.91 Å². The third-order valence-corrected chi connectivity index (χ3v) is 7.44. The lowest BCUT2D eigenvalue weighted by atomic mass is 9.96. The molecule has 2 aromatic heterocycles. The van der Waals surface area contributed by atoms with Crippen molar-refractivity contribution in [3.8, 4) is 0 Å². The Morgan fingerprint density at radius 3 is 2.61 bits per heavy atom. The fraction of sp³-hybridized carbons (Fsp3) is 0.391. The molecule has 0 unspecified atom stereocenters. The minimum absolute atomic E-state index is 0.0480. The quantitative estimate of drug-likeness (QED) is 0.484. The highest BCUT2D eigenvalue weighted by Crippen LogP contribution is 2.21. The molecule has 1 aliphatic heterocycles. The maximum Gasteiger partial charge on any atom is 0.282 e. The number of carbonyl (C=O) groups excluding carboxylic acids is 2. The van der Waals surface area contributed by atoms with Crippen LogP contribution in [0.5, 0.6) is 0 Å². The zero-order valence-electron chi connectivity index (χ0n) is 18.1. The van der Waals surface area contributed by atoms with Gasteiger partial charge in [0, 0.05) is 23.9 Å². The number of amides is 2. The van der Waals surface area contributed by atoms with Gasteiger partial charge in [-0.05, 0) is 61.5 Å². The first-order valence-corrected chi connectivity index (χ1v) is 12.6. The summed E-state index contributed by atoms with van der Waals surface area (Å²) in [6.45, 7) is 3.23. The van der Waals surface area contributed by atoms with Crippen LogP contribution in [0.2, 0.25) is 0 Å². The van der Waals surface area contributed by atoms with Gasteiger partial charge in [0.05, 0.1) is 6.54 Å². The summed E-state index contributed by atoms with van der Waals surface area (Å²) < 4.78 is 13.0. The molecule has 2 N–H and O–H groups in total. The van der Waals surface area contributed by atoms with Gasteiger partial charge in [0.1, 0.15) is 10.8 Å². The molecule has 4 rings (SSSR count). The molecule has 0 radical (unpaired) electrons. The van der Waals surface area contributed by atoms with Crippen molar-refractivity contribution in [1.29, 1.82) is 0 Å². The molecule has 0 bridgehead atoms. The second-order valence-corrected chi connectivity index (χ2v) is 10.1. The van der Waals surface area contributed by atoms with Gasteiger partial charge in [-0.15, -0.1) is 21.5 Å². The predicted octanol–water partition coefficient (Wildman–Crippen LogP) is 3.24. The smallest absolute Gasteiger partial charge is 0.282 e. The van der Waals surface area contributed by atoms with Crippen LogP contribution in [0.15, 0.2) is 41.8 Å². The summed E-state index contributed by atoms with van der Waals surface area (Å²) in [5.41, 5.74) is 0.813. The van der Waals surface area contributed by atoms with E-state index in [1.807, 2.05) is 11.4 Å². The number of nitrogens with zero attached hydrogens (tertiary/aromatic N) is 3. The molecule has 0 saturated carbocycles. The molecule has 2 amide bonds. The van der Waals surface area contributed by atoms with E-state index < -0.39 is 0 Å². The Bertz CT molecular complexity index is 1050. The minimum Gasteiger partial charge on any atom is -0.355 e. The van der Waals surface area contributed by atoms with Crippen LogP contribution in [-0.4, -0.2) is 46.5 Å². The van der Waals surface area contributed by atoms with Crippen molar-refractivity contribution in [3.63, 3.8) is 0 Å². The molecule has 1 aromatic carbocycles. The number of aromatic nitrogens is 2. The van der Waals surface area contributed by atoms with Gasteiger partial charge in [0.15, 0.2) is 0 Å². The zero-order valence-corrected chi connectivity index (χ0v) is 19.8. The summed E-state index contributed by atoms with van der Waals surface area (Å²) in [6, 6.07) is 10.1. The van der Waals surface area contributed by atoms with Crippen LogP contribution in [-0.2, 0) is 24.3 Å². The van der Waals surface area contributed by atoms with Gasteiger partial charge < -0.3 is 10.6 Å². The number of benzene rings is 1. The van der Waals surface area contributed by atoms with Crippen molar-refractivity contribution in [3.05, 3.63) is 68.1 Å². The van der Waals surface area contributed by atoms with Crippen LogP contribution in [0.1, 0.15) is 38.1 Å². The van der Waals surface area contributed by atoms with E-state index in [0.29, 0.717) is 24.6 Å². The first kappa shape index (κ1) is 23.5. The number of thiophene rings is 1. The number of likely N-dealkylation sites (tertiary alicyclic amines) is 1. The molecule has 0 atom stereocenters. The third-order valence-electron chi connectivity index (χ3n) is 5.60. The number of halogens is 1. The molecule has 10 heteroatoms. The van der Waals surface area contributed by atoms with Crippen LogP contribution in [0.25, 0.3) is 0 Å². The monoisotopic (exact) mass is 487 g/mol. The number of carbonyl (C=O) groups is 2. The summed E-state index contributed by atoms with van der Waals surface area (Å²) >= 11 is 2.99. The van der Waals surface area contributed by atoms with Crippen molar-refractivity contribution >= 4 is 34.5 Å². The number of nitrogens with one attached hydrogen (secondary N) is 2. The fourth-order valence-electron chi connectivity index (χ4n) is 3.72. The van der Waals surface area contributed by atoms with E-state index in [0.717, 1.165) is 42.9 Å². The highest BCUT2D eigenvalue weighted by atomic mass is 32.1. The maximum atomic E-state index is 13.0. The largest absolute Gasteiger partial charge is 0.355 e. The molecule has 3 heterocycles. The average molecular weight is 488 g/mol. The average Bonchev–Trinajstić information content (AvgIpc) is 3.51. The summed E-state index contributed by atoms with van der Waals surface area (Å²) in [6.07, 6.45) is 2.50. The Morgan fingerprint density at radius 2 is 1.88 bits per heavy atom. The highest BCUT2D eigenvalue weighted by molar-refractivity contribution is 7.13. The van der Waals surface area contributed by atoms with E-state index in [-0.39, 0.29) is 23.5 Å². The molecule has 1 saturated heterocycles. The van der Waals surface area contributed by atoms with E-state index in [4.69, 9.17) is 0 Å². The second kappa shape index (κ2) is 11.4. The van der Waals surface area contributed by atoms with E-state index >= 15 is 0 Å². The Labute approximate surface area is 200 Å². The summed E-state index contributed by atoms with van der Waals surface area (Å²) in [7, 11) is 0. The molecule has 33 heavy (non-hydrogen) atoms. The topological polar surface area (TPSA) is 87.2 Å². The molecule has 1 aliphatic rings. The van der Waals surface area contributed by atoms with Gasteiger partial charge in [-0.1, -0.05) is 29.5 Å². The van der Waals surface area contributed by atoms with Gasteiger partial charge in [-0.3, -0.25) is 14.5 Å². The van der Waals surface area contributed by atoms with Gasteiger partial charge >= 0.3 is 0 Å². The Kier molecular flexibility index (Phi) is 8.14. The molecule has 3 aromatic rings. The zero-order chi connectivity index (χ0) is 23.0. The predicted molar refractivity (Wildman–Crippen MR) is 127 cm³/mol. The summed E-state index contributed by atoms with van der Waals surface area (Å²) in [5, 5.41) is 17.2. The van der Waals surface area contributed by atoms with Crippen molar-refractivity contribution in [2.24, 2.45) is 5.92 Å². The lowest BCUT2D eigenvalue weighted by molar-refractivity contribution is -0.126. The molecule has 0 aliphatic carbocycles. The van der Waals surface area contributed by atoms with Crippen LogP contribution in [0.4, 0.5) is 4.39 Å². The third kappa shape index (κ3) is 6.89. The van der Waals surface area contributed by atoms with E-state index in [1.54, 1.807) is 23.5 Å². The fourth-order valence-corrected chi connectivity index (χ4v) is 5.23. The second-order valence-electron chi connectivity index (χ2n) is 7.98. The number of hydrogen-bond donors (Lipinski definition) is 2. The van der Waals surface area contributed by atoms with E-state index in [9.17, 15) is 14.0 Å². The minimum atomic E-state index is -0.308. The molecule has 174 valence electrons. The Morgan fingerprint density at radius 1 is 1.09 bits per heavy atom. The normalized spacial score (nSPS) is 14.8. The standard InChI is InChI=1S/C23H26FN5O2S2/c24-18-5-3-16(4-6-18)14-26-22(31)23-28-27-20(33-23)15-29-11-8-17(9-12-29)21(30)25-10-7-19-2-1-13-32-19/h1-6,13,17H,7-12,14-15H2,(H,25,30)(H,26,31). The number of rotatable bonds is 9. The molecule has 7 nitrogen and oxygen atoms in total. The molecule has 0 spiro atoms. The first-order chi connectivity index (χ1) is 16.1. The highest BCUT2D eigenvalue weighted by Gasteiger charge is 2.25.